The average molecular weight is 320 g/mol. The van der Waals surface area contributed by atoms with Crippen molar-refractivity contribution in [1.82, 2.24) is 0 Å². The first-order valence-electron chi connectivity index (χ1n) is 7.88. The van der Waals surface area contributed by atoms with Crippen molar-refractivity contribution in [3.8, 4) is 5.75 Å². The Balaban J connectivity index is 3.63. The largest absolute Gasteiger partial charge is 0.496 e. The Morgan fingerprint density at radius 1 is 0.957 bits per heavy atom. The van der Waals surface area contributed by atoms with Gasteiger partial charge in [0.1, 0.15) is 5.75 Å². The molecule has 0 aliphatic rings. The number of Topliss-reactive ketones (excluding diaryl/α,β-unsaturated/α-hetero) is 1. The fraction of sp³-hybridized carbons (Fsp3) is 0.579. The molecule has 0 aliphatic heterocycles. The highest BCUT2D eigenvalue weighted by Gasteiger charge is 2.30. The molecular formula is C19H28O4. The molecule has 128 valence electrons. The van der Waals surface area contributed by atoms with Gasteiger partial charge < -0.3 is 9.47 Å². The molecule has 1 aromatic rings. The lowest BCUT2D eigenvalue weighted by molar-refractivity contribution is -0.137. The van der Waals surface area contributed by atoms with Crippen LogP contribution in [0.4, 0.5) is 0 Å². The zero-order valence-electron chi connectivity index (χ0n) is 15.5. The molecule has 0 spiro atoms. The number of carbonyl (C=O) groups excluding carboxylic acids is 2. The minimum Gasteiger partial charge on any atom is -0.496 e. The van der Waals surface area contributed by atoms with Crippen LogP contribution in [0.2, 0.25) is 0 Å². The summed E-state index contributed by atoms with van der Waals surface area (Å²) in [5.41, 5.74) is 1.70. The normalized spacial score (nSPS) is 12.0. The van der Waals surface area contributed by atoms with Crippen LogP contribution in [0.1, 0.15) is 70.0 Å². The summed E-state index contributed by atoms with van der Waals surface area (Å²) in [6, 6.07) is 3.49. The second-order valence-electron chi connectivity index (χ2n) is 7.65. The van der Waals surface area contributed by atoms with E-state index in [0.29, 0.717) is 5.56 Å². The molecule has 4 nitrogen and oxygen atoms in total. The zero-order chi connectivity index (χ0) is 18.0. The first-order chi connectivity index (χ1) is 10.4. The molecule has 0 amide bonds. The first-order valence-corrected chi connectivity index (χ1v) is 7.88. The quantitative estimate of drug-likeness (QED) is 0.477. The lowest BCUT2D eigenvalue weighted by atomic mass is 9.78. The van der Waals surface area contributed by atoms with Crippen LogP contribution in [-0.4, -0.2) is 25.5 Å². The summed E-state index contributed by atoms with van der Waals surface area (Å²) in [6.45, 7) is 14.2. The summed E-state index contributed by atoms with van der Waals surface area (Å²) in [5, 5.41) is 0. The van der Waals surface area contributed by atoms with Crippen LogP contribution >= 0.6 is 0 Å². The average Bonchev–Trinajstić information content (AvgIpc) is 2.43. The van der Waals surface area contributed by atoms with E-state index in [9.17, 15) is 9.59 Å². The summed E-state index contributed by atoms with van der Waals surface area (Å²) in [6.07, 6.45) is 0. The summed E-state index contributed by atoms with van der Waals surface area (Å²) in [7, 11) is 1.63. The molecule has 4 heteroatoms. The van der Waals surface area contributed by atoms with E-state index in [-0.39, 0.29) is 17.4 Å². The Labute approximate surface area is 139 Å². The van der Waals surface area contributed by atoms with Gasteiger partial charge in [0.2, 0.25) is 0 Å². The number of methoxy groups -OCH3 is 1. The molecule has 23 heavy (non-hydrogen) atoms. The Hall–Kier alpha value is -1.84. The van der Waals surface area contributed by atoms with E-state index >= 15 is 0 Å². The van der Waals surface area contributed by atoms with Crippen molar-refractivity contribution in [2.24, 2.45) is 0 Å². The monoisotopic (exact) mass is 320 g/mol. The van der Waals surface area contributed by atoms with E-state index in [1.54, 1.807) is 26.2 Å². The van der Waals surface area contributed by atoms with Gasteiger partial charge in [0, 0.05) is 16.7 Å². The van der Waals surface area contributed by atoms with Gasteiger partial charge in [-0.25, -0.2) is 4.79 Å². The van der Waals surface area contributed by atoms with Gasteiger partial charge in [-0.15, -0.1) is 0 Å². The number of esters is 1. The highest BCUT2D eigenvalue weighted by molar-refractivity contribution is 6.40. The predicted molar refractivity (Wildman–Crippen MR) is 91.4 cm³/mol. The third-order valence-electron chi connectivity index (χ3n) is 3.63. The number of hydrogen-bond acceptors (Lipinski definition) is 4. The number of carbonyl (C=O) groups is 2. The number of hydrogen-bond donors (Lipinski definition) is 0. The Bertz CT molecular complexity index is 566. The van der Waals surface area contributed by atoms with Crippen LogP contribution in [0.5, 0.6) is 5.75 Å². The highest BCUT2D eigenvalue weighted by Crippen LogP contribution is 2.40. The maximum atomic E-state index is 12.4. The molecule has 0 atom stereocenters. The lowest BCUT2D eigenvalue weighted by Crippen LogP contribution is -2.23. The van der Waals surface area contributed by atoms with Gasteiger partial charge in [0.05, 0.1) is 13.7 Å². The molecule has 0 aromatic heterocycles. The third kappa shape index (κ3) is 4.34. The molecule has 0 bridgehead atoms. The van der Waals surface area contributed by atoms with Crippen molar-refractivity contribution in [3.05, 3.63) is 28.8 Å². The van der Waals surface area contributed by atoms with Gasteiger partial charge in [0.25, 0.3) is 5.78 Å². The lowest BCUT2D eigenvalue weighted by Gasteiger charge is -2.29. The van der Waals surface area contributed by atoms with Crippen LogP contribution in [0, 0.1) is 0 Å². The molecule has 0 fully saturated rings. The number of rotatable bonds is 4. The van der Waals surface area contributed by atoms with Gasteiger partial charge >= 0.3 is 5.97 Å². The minimum atomic E-state index is -0.822. The SMILES string of the molecule is CCOC(=O)C(=O)c1cc(C(C)(C)C)c(OC)c(C(C)(C)C)c1. The van der Waals surface area contributed by atoms with Crippen molar-refractivity contribution in [3.63, 3.8) is 0 Å². The molecule has 0 N–H and O–H groups in total. The van der Waals surface area contributed by atoms with E-state index in [2.05, 4.69) is 41.5 Å². The molecule has 0 aliphatic carbocycles. The number of benzene rings is 1. The van der Waals surface area contributed by atoms with E-state index in [0.717, 1.165) is 16.9 Å². The molecule has 1 aromatic carbocycles. The van der Waals surface area contributed by atoms with E-state index < -0.39 is 11.8 Å². The molecule has 1 rings (SSSR count). The van der Waals surface area contributed by atoms with Crippen molar-refractivity contribution >= 4 is 11.8 Å². The van der Waals surface area contributed by atoms with Crippen LogP contribution in [0.3, 0.4) is 0 Å². The summed E-state index contributed by atoms with van der Waals surface area (Å²) in [4.78, 5) is 24.2. The highest BCUT2D eigenvalue weighted by atomic mass is 16.5. The first kappa shape index (κ1) is 19.2. The maximum absolute atomic E-state index is 12.4. The van der Waals surface area contributed by atoms with Crippen molar-refractivity contribution in [2.75, 3.05) is 13.7 Å². The van der Waals surface area contributed by atoms with Crippen molar-refractivity contribution < 1.29 is 19.1 Å². The smallest absolute Gasteiger partial charge is 0.379 e. The van der Waals surface area contributed by atoms with Gasteiger partial charge in [0.15, 0.2) is 0 Å². The van der Waals surface area contributed by atoms with Crippen LogP contribution in [0.25, 0.3) is 0 Å². The second-order valence-corrected chi connectivity index (χ2v) is 7.65. The van der Waals surface area contributed by atoms with Gasteiger partial charge in [-0.2, -0.15) is 0 Å². The standard InChI is InChI=1S/C19H28O4/c1-9-23-17(21)15(20)12-10-13(18(2,3)4)16(22-8)14(11-12)19(5,6)7/h10-11H,9H2,1-8H3. The van der Waals surface area contributed by atoms with Crippen LogP contribution in [-0.2, 0) is 20.4 Å². The molecule has 0 unspecified atom stereocenters. The Morgan fingerprint density at radius 2 is 1.39 bits per heavy atom. The van der Waals surface area contributed by atoms with Gasteiger partial charge in [-0.1, -0.05) is 41.5 Å². The molecule has 0 radical (unpaired) electrons. The predicted octanol–water partition coefficient (Wildman–Crippen LogP) is 4.04. The zero-order valence-corrected chi connectivity index (χ0v) is 15.5. The summed E-state index contributed by atoms with van der Waals surface area (Å²) < 4.78 is 10.5. The van der Waals surface area contributed by atoms with Gasteiger partial charge in [-0.05, 0) is 29.9 Å². The molecular weight excluding hydrogens is 292 g/mol. The topological polar surface area (TPSA) is 52.6 Å². The van der Waals surface area contributed by atoms with Crippen LogP contribution in [0.15, 0.2) is 12.1 Å². The fourth-order valence-electron chi connectivity index (χ4n) is 2.41. The fourth-order valence-corrected chi connectivity index (χ4v) is 2.41. The molecule has 0 saturated heterocycles. The Morgan fingerprint density at radius 3 is 1.70 bits per heavy atom. The van der Waals surface area contributed by atoms with Gasteiger partial charge in [-0.3, -0.25) is 4.79 Å². The molecule has 0 saturated carbocycles. The van der Waals surface area contributed by atoms with Crippen molar-refractivity contribution in [2.45, 2.75) is 59.3 Å². The second kappa shape index (κ2) is 6.73. The summed E-state index contributed by atoms with van der Waals surface area (Å²) >= 11 is 0. The summed E-state index contributed by atoms with van der Waals surface area (Å²) in [5.74, 6) is -0.673. The number of ketones is 1. The van der Waals surface area contributed by atoms with E-state index in [1.165, 1.54) is 0 Å². The number of ether oxygens (including phenoxy) is 2. The maximum Gasteiger partial charge on any atom is 0.379 e. The van der Waals surface area contributed by atoms with Crippen molar-refractivity contribution in [1.29, 1.82) is 0 Å². The molecule has 0 heterocycles. The minimum absolute atomic E-state index is 0.180. The van der Waals surface area contributed by atoms with E-state index in [4.69, 9.17) is 9.47 Å². The Kier molecular flexibility index (Phi) is 5.62. The van der Waals surface area contributed by atoms with Crippen LogP contribution < -0.4 is 4.74 Å². The third-order valence-corrected chi connectivity index (χ3v) is 3.63. The van der Waals surface area contributed by atoms with E-state index in [1.807, 2.05) is 0 Å².